The Morgan fingerprint density at radius 2 is 1.90 bits per heavy atom. The van der Waals surface area contributed by atoms with Gasteiger partial charge in [-0.15, -0.1) is 11.3 Å². The van der Waals surface area contributed by atoms with Gasteiger partial charge in [-0.3, -0.25) is 4.90 Å². The number of aliphatic imine (C=N–C) groups is 1. The van der Waals surface area contributed by atoms with E-state index >= 15 is 0 Å². The van der Waals surface area contributed by atoms with Gasteiger partial charge >= 0.3 is 12.3 Å². The highest BCUT2D eigenvalue weighted by atomic mass is 32.1. The van der Waals surface area contributed by atoms with Crippen LogP contribution in [0.1, 0.15) is 34.5 Å². The quantitative estimate of drug-likeness (QED) is 0.203. The Kier molecular flexibility index (Phi) is 8.70. The predicted octanol–water partition coefficient (Wildman–Crippen LogP) is 5.73. The second-order valence-electron chi connectivity index (χ2n) is 8.85. The van der Waals surface area contributed by atoms with Crippen molar-refractivity contribution in [3.05, 3.63) is 64.2 Å². The molecular formula is C26H26F4N4O4S. The van der Waals surface area contributed by atoms with E-state index in [0.29, 0.717) is 54.5 Å². The van der Waals surface area contributed by atoms with Gasteiger partial charge in [-0.2, -0.15) is 18.2 Å². The first kappa shape index (κ1) is 28.3. The number of carbonyl (C=O) groups is 1. The van der Waals surface area contributed by atoms with Gasteiger partial charge in [-0.1, -0.05) is 12.1 Å². The van der Waals surface area contributed by atoms with Gasteiger partial charge in [-0.05, 0) is 37.1 Å². The standard InChI is InChI=1S/C26H26F4N4O4S/c1-37-21-12-18(6-7-19(21)23(31)33-25(35)36)38-14-22-20(13-34-10-8-17(27)9-11-34)32-24(39-22)15-2-4-16(5-3-15)26(28,29)30/h2-7,12,17H,8-11,13-14H2,1H3,(H2,31,33)(H,35,36). The Morgan fingerprint density at radius 3 is 2.51 bits per heavy atom. The molecule has 39 heavy (non-hydrogen) atoms. The van der Waals surface area contributed by atoms with Gasteiger partial charge in [-0.25, -0.2) is 14.2 Å². The van der Waals surface area contributed by atoms with Crippen LogP contribution in [0.5, 0.6) is 11.5 Å². The number of halogens is 4. The number of rotatable bonds is 8. The summed E-state index contributed by atoms with van der Waals surface area (Å²) < 4.78 is 63.9. The van der Waals surface area contributed by atoms with Gasteiger partial charge in [0.15, 0.2) is 0 Å². The summed E-state index contributed by atoms with van der Waals surface area (Å²) in [4.78, 5) is 21.7. The first-order chi connectivity index (χ1) is 18.5. The molecule has 3 aromatic rings. The lowest BCUT2D eigenvalue weighted by Gasteiger charge is -2.28. The number of thiazole rings is 1. The second-order valence-corrected chi connectivity index (χ2v) is 9.93. The van der Waals surface area contributed by atoms with Crippen LogP contribution in [0, 0.1) is 0 Å². The van der Waals surface area contributed by atoms with Crippen molar-refractivity contribution in [2.45, 2.75) is 38.3 Å². The van der Waals surface area contributed by atoms with E-state index in [-0.39, 0.29) is 23.8 Å². The molecule has 0 spiro atoms. The molecule has 2 aromatic carbocycles. The van der Waals surface area contributed by atoms with E-state index in [1.54, 1.807) is 12.1 Å². The Bertz CT molecular complexity index is 1340. The number of hydrogen-bond acceptors (Lipinski definition) is 6. The van der Waals surface area contributed by atoms with Crippen molar-refractivity contribution in [2.24, 2.45) is 10.7 Å². The van der Waals surface area contributed by atoms with Crippen LogP contribution in [-0.2, 0) is 19.3 Å². The minimum atomic E-state index is -4.44. The molecule has 0 bridgehead atoms. The number of methoxy groups -OCH3 is 1. The van der Waals surface area contributed by atoms with Crippen LogP contribution >= 0.6 is 11.3 Å². The molecule has 1 aliphatic rings. The molecule has 0 saturated carbocycles. The van der Waals surface area contributed by atoms with E-state index in [1.807, 2.05) is 0 Å². The SMILES string of the molecule is COc1cc(OCc2sc(-c3ccc(C(F)(F)F)cc3)nc2CN2CCC(F)CC2)ccc1/C(N)=N/C(=O)O. The molecule has 0 radical (unpaired) electrons. The maximum absolute atomic E-state index is 13.6. The number of nitrogens with two attached hydrogens (primary N) is 1. The maximum Gasteiger partial charge on any atom is 0.433 e. The van der Waals surface area contributed by atoms with Crippen molar-refractivity contribution < 1.29 is 36.9 Å². The summed E-state index contributed by atoms with van der Waals surface area (Å²) in [6, 6.07) is 9.47. The minimum absolute atomic E-state index is 0.106. The summed E-state index contributed by atoms with van der Waals surface area (Å²) in [7, 11) is 1.40. The predicted molar refractivity (Wildman–Crippen MR) is 138 cm³/mol. The fourth-order valence-corrected chi connectivity index (χ4v) is 5.09. The Balaban J connectivity index is 1.58. The van der Waals surface area contributed by atoms with E-state index in [9.17, 15) is 22.4 Å². The van der Waals surface area contributed by atoms with Gasteiger partial charge in [0.2, 0.25) is 0 Å². The molecule has 2 heterocycles. The maximum atomic E-state index is 13.6. The Labute approximate surface area is 225 Å². The molecule has 0 unspecified atom stereocenters. The number of amides is 1. The first-order valence-electron chi connectivity index (χ1n) is 11.9. The van der Waals surface area contributed by atoms with Crippen molar-refractivity contribution in [1.29, 1.82) is 0 Å². The average Bonchev–Trinajstić information content (AvgIpc) is 3.30. The third kappa shape index (κ3) is 7.24. The van der Waals surface area contributed by atoms with Crippen LogP contribution < -0.4 is 15.2 Å². The molecule has 3 N–H and O–H groups in total. The highest BCUT2D eigenvalue weighted by Gasteiger charge is 2.30. The molecule has 1 aliphatic heterocycles. The van der Waals surface area contributed by atoms with Crippen LogP contribution in [0.4, 0.5) is 22.4 Å². The van der Waals surface area contributed by atoms with Gasteiger partial charge in [0.1, 0.15) is 35.1 Å². The van der Waals surface area contributed by atoms with Crippen molar-refractivity contribution in [1.82, 2.24) is 9.88 Å². The number of nitrogens with zero attached hydrogens (tertiary/aromatic N) is 3. The van der Waals surface area contributed by atoms with Crippen molar-refractivity contribution >= 4 is 23.3 Å². The molecule has 1 saturated heterocycles. The number of hydrogen-bond donors (Lipinski definition) is 2. The molecule has 0 aliphatic carbocycles. The zero-order valence-corrected chi connectivity index (χ0v) is 21.7. The lowest BCUT2D eigenvalue weighted by atomic mass is 10.1. The van der Waals surface area contributed by atoms with Crippen molar-refractivity contribution in [3.8, 4) is 22.1 Å². The Morgan fingerprint density at radius 1 is 1.21 bits per heavy atom. The van der Waals surface area contributed by atoms with Crippen molar-refractivity contribution in [2.75, 3.05) is 20.2 Å². The summed E-state index contributed by atoms with van der Waals surface area (Å²) in [6.07, 6.45) is -5.83. The molecule has 0 atom stereocenters. The largest absolute Gasteiger partial charge is 0.496 e. The molecular weight excluding hydrogens is 540 g/mol. The smallest absolute Gasteiger partial charge is 0.433 e. The molecule has 1 amide bonds. The van der Waals surface area contributed by atoms with E-state index in [1.165, 1.54) is 36.6 Å². The topological polar surface area (TPSA) is 110 Å². The number of ether oxygens (including phenoxy) is 2. The summed E-state index contributed by atoms with van der Waals surface area (Å²) in [5.74, 6) is 0.445. The highest BCUT2D eigenvalue weighted by Crippen LogP contribution is 2.34. The van der Waals surface area contributed by atoms with E-state index < -0.39 is 24.0 Å². The molecule has 13 heteroatoms. The first-order valence-corrected chi connectivity index (χ1v) is 12.8. The number of amidine groups is 1. The third-order valence-electron chi connectivity index (χ3n) is 6.16. The van der Waals surface area contributed by atoms with E-state index in [4.69, 9.17) is 25.3 Å². The number of likely N-dealkylation sites (tertiary alicyclic amines) is 1. The van der Waals surface area contributed by atoms with Gasteiger partial charge in [0.25, 0.3) is 0 Å². The summed E-state index contributed by atoms with van der Waals surface area (Å²) >= 11 is 1.31. The number of alkyl halides is 4. The third-order valence-corrected chi connectivity index (χ3v) is 7.28. The number of carboxylic acid groups (broad SMARTS) is 1. The normalized spacial score (nSPS) is 15.4. The van der Waals surface area contributed by atoms with Crippen LogP contribution in [0.15, 0.2) is 47.5 Å². The molecule has 1 fully saturated rings. The monoisotopic (exact) mass is 566 g/mol. The minimum Gasteiger partial charge on any atom is -0.496 e. The second kappa shape index (κ2) is 12.0. The lowest BCUT2D eigenvalue weighted by Crippen LogP contribution is -2.34. The fraction of sp³-hybridized carbons (Fsp3) is 0.346. The molecule has 1 aromatic heterocycles. The number of benzene rings is 2. The van der Waals surface area contributed by atoms with Crippen LogP contribution in [0.3, 0.4) is 0 Å². The van der Waals surface area contributed by atoms with Crippen LogP contribution in [0.25, 0.3) is 10.6 Å². The fourth-order valence-electron chi connectivity index (χ4n) is 4.10. The summed E-state index contributed by atoms with van der Waals surface area (Å²) in [5.41, 5.74) is 6.53. The highest BCUT2D eigenvalue weighted by molar-refractivity contribution is 7.15. The Hall–Kier alpha value is -3.71. The molecule has 208 valence electrons. The number of piperidine rings is 1. The average molecular weight is 567 g/mol. The summed E-state index contributed by atoms with van der Waals surface area (Å²) in [6.45, 7) is 1.71. The van der Waals surface area contributed by atoms with E-state index in [2.05, 4.69) is 9.89 Å². The molecule has 4 rings (SSSR count). The van der Waals surface area contributed by atoms with Gasteiger partial charge in [0.05, 0.1) is 28.8 Å². The van der Waals surface area contributed by atoms with Crippen molar-refractivity contribution in [3.63, 3.8) is 0 Å². The van der Waals surface area contributed by atoms with Crippen LogP contribution in [0.2, 0.25) is 0 Å². The molecule has 8 nitrogen and oxygen atoms in total. The lowest BCUT2D eigenvalue weighted by molar-refractivity contribution is -0.137. The zero-order chi connectivity index (χ0) is 28.2. The van der Waals surface area contributed by atoms with Gasteiger partial charge < -0.3 is 20.3 Å². The van der Waals surface area contributed by atoms with Crippen LogP contribution in [-0.4, -0.2) is 53.3 Å². The number of aromatic nitrogens is 1. The van der Waals surface area contributed by atoms with Gasteiger partial charge in [0, 0.05) is 31.3 Å². The zero-order valence-electron chi connectivity index (χ0n) is 20.9. The van der Waals surface area contributed by atoms with E-state index in [0.717, 1.165) is 17.0 Å². The summed E-state index contributed by atoms with van der Waals surface area (Å²) in [5, 5.41) is 9.40.